The number of hydrogen-bond acceptors (Lipinski definition) is 3. The maximum atomic E-state index is 12.7. The van der Waals surface area contributed by atoms with Crippen LogP contribution in [-0.4, -0.2) is 31.6 Å². The minimum absolute atomic E-state index is 0.0986. The van der Waals surface area contributed by atoms with E-state index < -0.39 is 0 Å². The van der Waals surface area contributed by atoms with Crippen LogP contribution in [0.3, 0.4) is 0 Å². The molecule has 0 saturated carbocycles. The fourth-order valence-electron chi connectivity index (χ4n) is 3.08. The number of hydrogen-bond donors (Lipinski definition) is 0. The first-order valence-electron chi connectivity index (χ1n) is 7.77. The molecule has 1 aliphatic heterocycles. The third-order valence-electron chi connectivity index (χ3n) is 4.32. The number of rotatable bonds is 5. The van der Waals surface area contributed by atoms with Gasteiger partial charge in [-0.05, 0) is 29.7 Å². The summed E-state index contributed by atoms with van der Waals surface area (Å²) in [5.41, 5.74) is 2.15. The second-order valence-electron chi connectivity index (χ2n) is 5.70. The van der Waals surface area contributed by atoms with E-state index in [1.807, 2.05) is 41.3 Å². The van der Waals surface area contributed by atoms with Gasteiger partial charge in [-0.3, -0.25) is 4.79 Å². The van der Waals surface area contributed by atoms with E-state index in [2.05, 4.69) is 12.1 Å². The maximum Gasteiger partial charge on any atom is 0.230 e. The quantitative estimate of drug-likeness (QED) is 0.851. The molecular formula is C19H21NO3. The van der Waals surface area contributed by atoms with Crippen molar-refractivity contribution in [1.82, 2.24) is 4.90 Å². The van der Waals surface area contributed by atoms with Crippen LogP contribution in [-0.2, 0) is 11.3 Å². The maximum absolute atomic E-state index is 12.7. The highest BCUT2D eigenvalue weighted by molar-refractivity contribution is 5.86. The van der Waals surface area contributed by atoms with Gasteiger partial charge in [0.2, 0.25) is 5.91 Å². The molecule has 23 heavy (non-hydrogen) atoms. The van der Waals surface area contributed by atoms with Crippen molar-refractivity contribution in [1.29, 1.82) is 0 Å². The molecule has 0 bridgehead atoms. The van der Waals surface area contributed by atoms with Crippen LogP contribution in [0.2, 0.25) is 0 Å². The Balaban J connectivity index is 1.76. The van der Waals surface area contributed by atoms with Crippen LogP contribution in [0.4, 0.5) is 0 Å². The van der Waals surface area contributed by atoms with Gasteiger partial charge in [0.05, 0.1) is 20.1 Å². The summed E-state index contributed by atoms with van der Waals surface area (Å²) < 4.78 is 10.6. The van der Waals surface area contributed by atoms with Crippen LogP contribution in [0.15, 0.2) is 48.5 Å². The van der Waals surface area contributed by atoms with Gasteiger partial charge in [0.25, 0.3) is 0 Å². The van der Waals surface area contributed by atoms with E-state index in [1.54, 1.807) is 14.2 Å². The van der Waals surface area contributed by atoms with Gasteiger partial charge in [0, 0.05) is 13.1 Å². The first-order valence-corrected chi connectivity index (χ1v) is 7.77. The largest absolute Gasteiger partial charge is 0.493 e. The number of methoxy groups -OCH3 is 2. The Labute approximate surface area is 136 Å². The Morgan fingerprint density at radius 2 is 1.78 bits per heavy atom. The second kappa shape index (κ2) is 6.73. The van der Waals surface area contributed by atoms with Crippen molar-refractivity contribution >= 4 is 5.91 Å². The summed E-state index contributed by atoms with van der Waals surface area (Å²) in [6.07, 6.45) is 0.834. The number of amides is 1. The number of likely N-dealkylation sites (tertiary alicyclic amines) is 1. The standard InChI is InChI=1S/C19H21NO3/c1-22-17-9-8-15(12-18(17)23-2)16-10-11-20(19(16)21)13-14-6-4-3-5-7-14/h3-9,12,16H,10-11,13H2,1-2H3. The fraction of sp³-hybridized carbons (Fsp3) is 0.316. The summed E-state index contributed by atoms with van der Waals surface area (Å²) in [6.45, 7) is 1.45. The van der Waals surface area contributed by atoms with Crippen molar-refractivity contribution in [2.24, 2.45) is 0 Å². The highest BCUT2D eigenvalue weighted by atomic mass is 16.5. The Morgan fingerprint density at radius 1 is 1.04 bits per heavy atom. The molecule has 0 N–H and O–H groups in total. The predicted octanol–water partition coefficient (Wildman–Crippen LogP) is 3.22. The zero-order chi connectivity index (χ0) is 16.2. The van der Waals surface area contributed by atoms with Crippen molar-refractivity contribution in [3.05, 3.63) is 59.7 Å². The number of benzene rings is 2. The van der Waals surface area contributed by atoms with Gasteiger partial charge in [0.15, 0.2) is 11.5 Å². The molecule has 1 aliphatic rings. The Morgan fingerprint density at radius 3 is 2.48 bits per heavy atom. The van der Waals surface area contributed by atoms with E-state index in [0.717, 1.165) is 24.1 Å². The van der Waals surface area contributed by atoms with Crippen molar-refractivity contribution in [2.75, 3.05) is 20.8 Å². The fourth-order valence-corrected chi connectivity index (χ4v) is 3.08. The molecule has 0 aliphatic carbocycles. The summed E-state index contributed by atoms with van der Waals surface area (Å²) in [5, 5.41) is 0. The lowest BCUT2D eigenvalue weighted by Gasteiger charge is -2.17. The summed E-state index contributed by atoms with van der Waals surface area (Å²) >= 11 is 0. The third-order valence-corrected chi connectivity index (χ3v) is 4.32. The summed E-state index contributed by atoms with van der Waals surface area (Å²) in [6, 6.07) is 15.8. The van der Waals surface area contributed by atoms with Crippen LogP contribution in [0.25, 0.3) is 0 Å². The molecule has 0 aromatic heterocycles. The lowest BCUT2D eigenvalue weighted by Crippen LogP contribution is -2.26. The average molecular weight is 311 g/mol. The van der Waals surface area contributed by atoms with Gasteiger partial charge in [0.1, 0.15) is 0 Å². The normalized spacial score (nSPS) is 17.4. The lowest BCUT2D eigenvalue weighted by atomic mass is 9.97. The number of carbonyl (C=O) groups excluding carboxylic acids is 1. The molecule has 4 nitrogen and oxygen atoms in total. The van der Waals surface area contributed by atoms with E-state index in [1.165, 1.54) is 0 Å². The van der Waals surface area contributed by atoms with E-state index in [4.69, 9.17) is 9.47 Å². The molecule has 120 valence electrons. The number of carbonyl (C=O) groups is 1. The van der Waals surface area contributed by atoms with Gasteiger partial charge < -0.3 is 14.4 Å². The molecule has 3 rings (SSSR count). The molecule has 0 spiro atoms. The second-order valence-corrected chi connectivity index (χ2v) is 5.70. The van der Waals surface area contributed by atoms with Crippen LogP contribution in [0.5, 0.6) is 11.5 Å². The smallest absolute Gasteiger partial charge is 0.230 e. The van der Waals surface area contributed by atoms with Crippen molar-refractivity contribution in [2.45, 2.75) is 18.9 Å². The van der Waals surface area contributed by atoms with Crippen molar-refractivity contribution < 1.29 is 14.3 Å². The molecule has 1 atom stereocenters. The SMILES string of the molecule is COc1ccc(C2CCN(Cc3ccccc3)C2=O)cc1OC. The average Bonchev–Trinajstić information content (AvgIpc) is 2.96. The Kier molecular flexibility index (Phi) is 4.51. The Bertz CT molecular complexity index is 684. The molecule has 4 heteroatoms. The summed E-state index contributed by atoms with van der Waals surface area (Å²) in [4.78, 5) is 14.6. The minimum atomic E-state index is -0.0986. The van der Waals surface area contributed by atoms with Gasteiger partial charge in [-0.25, -0.2) is 0 Å². The molecular weight excluding hydrogens is 290 g/mol. The molecule has 2 aromatic carbocycles. The first-order chi connectivity index (χ1) is 11.2. The highest BCUT2D eigenvalue weighted by Crippen LogP contribution is 2.35. The van der Waals surface area contributed by atoms with E-state index in [-0.39, 0.29) is 11.8 Å². The van der Waals surface area contributed by atoms with E-state index in [0.29, 0.717) is 18.0 Å². The van der Waals surface area contributed by atoms with Gasteiger partial charge in [-0.15, -0.1) is 0 Å². The zero-order valence-corrected chi connectivity index (χ0v) is 13.5. The van der Waals surface area contributed by atoms with Crippen LogP contribution in [0, 0.1) is 0 Å². The first kappa shape index (κ1) is 15.4. The highest BCUT2D eigenvalue weighted by Gasteiger charge is 2.33. The molecule has 1 heterocycles. The van der Waals surface area contributed by atoms with Gasteiger partial charge >= 0.3 is 0 Å². The molecule has 1 unspecified atom stereocenters. The van der Waals surface area contributed by atoms with Crippen LogP contribution in [0.1, 0.15) is 23.5 Å². The zero-order valence-electron chi connectivity index (χ0n) is 13.5. The third kappa shape index (κ3) is 3.16. The number of ether oxygens (including phenoxy) is 2. The van der Waals surface area contributed by atoms with E-state index in [9.17, 15) is 4.79 Å². The molecule has 1 fully saturated rings. The minimum Gasteiger partial charge on any atom is -0.493 e. The van der Waals surface area contributed by atoms with Gasteiger partial charge in [-0.2, -0.15) is 0 Å². The summed E-state index contributed by atoms with van der Waals surface area (Å²) in [5.74, 6) is 1.43. The van der Waals surface area contributed by atoms with E-state index >= 15 is 0 Å². The topological polar surface area (TPSA) is 38.8 Å². The lowest BCUT2D eigenvalue weighted by molar-refractivity contribution is -0.129. The van der Waals surface area contributed by atoms with Crippen molar-refractivity contribution in [3.63, 3.8) is 0 Å². The monoisotopic (exact) mass is 311 g/mol. The molecule has 0 radical (unpaired) electrons. The Hall–Kier alpha value is -2.49. The number of nitrogens with zero attached hydrogens (tertiary/aromatic N) is 1. The molecule has 1 saturated heterocycles. The van der Waals surface area contributed by atoms with Crippen molar-refractivity contribution in [3.8, 4) is 11.5 Å². The molecule has 1 amide bonds. The van der Waals surface area contributed by atoms with Crippen LogP contribution >= 0.6 is 0 Å². The van der Waals surface area contributed by atoms with Gasteiger partial charge in [-0.1, -0.05) is 36.4 Å². The predicted molar refractivity (Wildman–Crippen MR) is 88.8 cm³/mol. The van der Waals surface area contributed by atoms with Crippen LogP contribution < -0.4 is 9.47 Å². The molecule has 2 aromatic rings. The summed E-state index contributed by atoms with van der Waals surface area (Å²) in [7, 11) is 3.22.